The molecule has 1 aromatic rings. The van der Waals surface area contributed by atoms with Crippen molar-refractivity contribution in [3.63, 3.8) is 0 Å². The first-order valence-corrected chi connectivity index (χ1v) is 7.16. The molecule has 0 amide bonds. The summed E-state index contributed by atoms with van der Waals surface area (Å²) in [6.07, 6.45) is -3.52. The van der Waals surface area contributed by atoms with Crippen LogP contribution in [0.25, 0.3) is 0 Å². The number of halogens is 4. The van der Waals surface area contributed by atoms with Crippen LogP contribution in [0.4, 0.5) is 13.2 Å². The van der Waals surface area contributed by atoms with Crippen LogP contribution in [0.1, 0.15) is 30.9 Å². The van der Waals surface area contributed by atoms with Crippen molar-refractivity contribution >= 4 is 11.6 Å². The van der Waals surface area contributed by atoms with E-state index >= 15 is 0 Å². The third-order valence-corrected chi connectivity index (χ3v) is 4.27. The minimum atomic E-state index is -4.36. The molecule has 0 aromatic carbocycles. The highest BCUT2D eigenvalue weighted by molar-refractivity contribution is 6.30. The van der Waals surface area contributed by atoms with Gasteiger partial charge in [0.25, 0.3) is 0 Å². The fourth-order valence-electron chi connectivity index (χ4n) is 2.75. The first kappa shape index (κ1) is 16.5. The largest absolute Gasteiger partial charge is 0.389 e. The molecule has 1 saturated heterocycles. The highest BCUT2D eigenvalue weighted by Crippen LogP contribution is 2.42. The zero-order valence-electron chi connectivity index (χ0n) is 11.7. The molecule has 1 atom stereocenters. The van der Waals surface area contributed by atoms with Crippen molar-refractivity contribution < 1.29 is 18.3 Å². The zero-order valence-corrected chi connectivity index (χ0v) is 12.5. The predicted molar refractivity (Wildman–Crippen MR) is 74.3 cm³/mol. The molecule has 1 aromatic heterocycles. The van der Waals surface area contributed by atoms with Crippen LogP contribution in [-0.4, -0.2) is 46.9 Å². The summed E-state index contributed by atoms with van der Waals surface area (Å²) in [7, 11) is 1.89. The molecule has 118 valence electrons. The topological polar surface area (TPSA) is 36.4 Å². The molecule has 1 aliphatic heterocycles. The standard InChI is InChI=1S/C14H18ClF3N2O/c1-20-6-4-13(21,5-7-20)11(8-14(16,17)18)12-3-2-10(15)9-19-12/h2-3,9,11,21H,4-8H2,1H3. The Hall–Kier alpha value is -0.850. The third-order valence-electron chi connectivity index (χ3n) is 4.04. The monoisotopic (exact) mass is 322 g/mol. The molecule has 1 unspecified atom stereocenters. The van der Waals surface area contributed by atoms with Gasteiger partial charge in [-0.05, 0) is 32.0 Å². The van der Waals surface area contributed by atoms with E-state index in [0.29, 0.717) is 31.0 Å². The van der Waals surface area contributed by atoms with E-state index < -0.39 is 24.1 Å². The van der Waals surface area contributed by atoms with Crippen molar-refractivity contribution in [2.45, 2.75) is 37.0 Å². The van der Waals surface area contributed by atoms with E-state index in [2.05, 4.69) is 4.98 Å². The fraction of sp³-hybridized carbons (Fsp3) is 0.643. The number of piperidine rings is 1. The van der Waals surface area contributed by atoms with Crippen LogP contribution in [0.15, 0.2) is 18.3 Å². The van der Waals surface area contributed by atoms with Gasteiger partial charge in [0.05, 0.1) is 17.0 Å². The van der Waals surface area contributed by atoms with Crippen LogP contribution in [0.5, 0.6) is 0 Å². The Balaban J connectivity index is 2.29. The van der Waals surface area contributed by atoms with E-state index in [1.807, 2.05) is 11.9 Å². The van der Waals surface area contributed by atoms with Crippen molar-refractivity contribution in [3.8, 4) is 0 Å². The number of hydrogen-bond donors (Lipinski definition) is 1. The molecule has 1 N–H and O–H groups in total. The van der Waals surface area contributed by atoms with E-state index in [0.717, 1.165) is 0 Å². The number of aliphatic hydroxyl groups is 1. The summed E-state index contributed by atoms with van der Waals surface area (Å²) in [6.45, 7) is 1.14. The van der Waals surface area contributed by atoms with Crippen molar-refractivity contribution in [1.82, 2.24) is 9.88 Å². The maximum atomic E-state index is 12.9. The smallest absolute Gasteiger partial charge is 0.389 e. The van der Waals surface area contributed by atoms with Gasteiger partial charge >= 0.3 is 6.18 Å². The third kappa shape index (κ3) is 4.31. The first-order chi connectivity index (χ1) is 9.70. The van der Waals surface area contributed by atoms with E-state index in [9.17, 15) is 18.3 Å². The molecule has 0 saturated carbocycles. The van der Waals surface area contributed by atoms with Crippen molar-refractivity contribution in [2.24, 2.45) is 0 Å². The number of rotatable bonds is 3. The Morgan fingerprint density at radius 3 is 2.48 bits per heavy atom. The van der Waals surface area contributed by atoms with Gasteiger partial charge in [-0.2, -0.15) is 13.2 Å². The van der Waals surface area contributed by atoms with E-state index in [1.54, 1.807) is 0 Å². The van der Waals surface area contributed by atoms with Crippen molar-refractivity contribution in [2.75, 3.05) is 20.1 Å². The first-order valence-electron chi connectivity index (χ1n) is 6.79. The highest BCUT2D eigenvalue weighted by Gasteiger charge is 2.46. The molecular weight excluding hydrogens is 305 g/mol. The Labute approximate surface area is 126 Å². The normalized spacial score (nSPS) is 21.2. The molecule has 7 heteroatoms. The number of aromatic nitrogens is 1. The number of likely N-dealkylation sites (tertiary alicyclic amines) is 1. The van der Waals surface area contributed by atoms with Gasteiger partial charge in [-0.25, -0.2) is 0 Å². The predicted octanol–water partition coefficient (Wildman–Crippen LogP) is 3.23. The Morgan fingerprint density at radius 2 is 2.00 bits per heavy atom. The summed E-state index contributed by atoms with van der Waals surface area (Å²) in [4.78, 5) is 5.99. The summed E-state index contributed by atoms with van der Waals surface area (Å²) < 4.78 is 38.7. The van der Waals surface area contributed by atoms with Crippen LogP contribution >= 0.6 is 11.6 Å². The lowest BCUT2D eigenvalue weighted by atomic mass is 9.76. The van der Waals surface area contributed by atoms with Gasteiger partial charge in [0.2, 0.25) is 0 Å². The quantitative estimate of drug-likeness (QED) is 0.928. The van der Waals surface area contributed by atoms with Crippen LogP contribution in [0.2, 0.25) is 5.02 Å². The molecule has 0 spiro atoms. The average molecular weight is 323 g/mol. The molecule has 3 nitrogen and oxygen atoms in total. The van der Waals surface area contributed by atoms with Crippen LogP contribution in [0, 0.1) is 0 Å². The van der Waals surface area contributed by atoms with Crippen LogP contribution < -0.4 is 0 Å². The van der Waals surface area contributed by atoms with Gasteiger partial charge in [-0.15, -0.1) is 0 Å². The highest BCUT2D eigenvalue weighted by atomic mass is 35.5. The summed E-state index contributed by atoms with van der Waals surface area (Å²) in [5, 5.41) is 11.1. The molecule has 1 aliphatic rings. The summed E-state index contributed by atoms with van der Waals surface area (Å²) in [5.41, 5.74) is -1.15. The number of hydrogen-bond acceptors (Lipinski definition) is 3. The van der Waals surface area contributed by atoms with E-state index in [1.165, 1.54) is 18.3 Å². The summed E-state index contributed by atoms with van der Waals surface area (Å²) in [5.74, 6) is -1.07. The Morgan fingerprint density at radius 1 is 1.38 bits per heavy atom. The second kappa shape index (κ2) is 6.10. The van der Waals surface area contributed by atoms with Gasteiger partial charge in [-0.3, -0.25) is 4.98 Å². The lowest BCUT2D eigenvalue weighted by Gasteiger charge is -2.42. The Kier molecular flexibility index (Phi) is 4.80. The molecule has 2 rings (SSSR count). The SMILES string of the molecule is CN1CCC(O)(C(CC(F)(F)F)c2ccc(Cl)cn2)CC1. The van der Waals surface area contributed by atoms with Gasteiger partial charge in [-0.1, -0.05) is 11.6 Å². The summed E-state index contributed by atoms with van der Waals surface area (Å²) in [6, 6.07) is 2.97. The minimum Gasteiger partial charge on any atom is -0.389 e. The molecule has 21 heavy (non-hydrogen) atoms. The van der Waals surface area contributed by atoms with Gasteiger partial charge < -0.3 is 10.0 Å². The van der Waals surface area contributed by atoms with Crippen LogP contribution in [0.3, 0.4) is 0 Å². The Bertz CT molecular complexity index is 470. The number of pyridine rings is 1. The van der Waals surface area contributed by atoms with Crippen molar-refractivity contribution in [3.05, 3.63) is 29.0 Å². The van der Waals surface area contributed by atoms with Crippen LogP contribution in [-0.2, 0) is 0 Å². The molecule has 0 radical (unpaired) electrons. The van der Waals surface area contributed by atoms with Gasteiger partial charge in [0.1, 0.15) is 0 Å². The minimum absolute atomic E-state index is 0.240. The maximum absolute atomic E-state index is 12.9. The second-order valence-corrected chi connectivity index (χ2v) is 6.12. The fourth-order valence-corrected chi connectivity index (χ4v) is 2.86. The molecular formula is C14H18ClF3N2O. The van der Waals surface area contributed by atoms with Crippen molar-refractivity contribution in [1.29, 1.82) is 0 Å². The maximum Gasteiger partial charge on any atom is 0.389 e. The summed E-state index contributed by atoms with van der Waals surface area (Å²) >= 11 is 5.74. The number of alkyl halides is 3. The number of nitrogens with zero attached hydrogens (tertiary/aromatic N) is 2. The molecule has 0 aliphatic carbocycles. The second-order valence-electron chi connectivity index (χ2n) is 5.68. The van der Waals surface area contributed by atoms with E-state index in [-0.39, 0.29) is 5.69 Å². The molecule has 2 heterocycles. The lowest BCUT2D eigenvalue weighted by molar-refractivity contribution is -0.158. The van der Waals surface area contributed by atoms with Gasteiger partial charge in [0.15, 0.2) is 0 Å². The zero-order chi connectivity index (χ0) is 15.7. The molecule has 1 fully saturated rings. The molecule has 0 bridgehead atoms. The average Bonchev–Trinajstić information content (AvgIpc) is 2.40. The van der Waals surface area contributed by atoms with E-state index in [4.69, 9.17) is 11.6 Å². The lowest BCUT2D eigenvalue weighted by Crippen LogP contribution is -2.48. The van der Waals surface area contributed by atoms with Gasteiger partial charge in [0, 0.05) is 30.9 Å².